The summed E-state index contributed by atoms with van der Waals surface area (Å²) in [6.07, 6.45) is -4.50. The number of benzene rings is 1. The van der Waals surface area contributed by atoms with Gasteiger partial charge in [0.25, 0.3) is 5.91 Å². The van der Waals surface area contributed by atoms with Crippen LogP contribution in [0.2, 0.25) is 0 Å². The number of alkyl halides is 3. The van der Waals surface area contributed by atoms with Crippen molar-refractivity contribution in [1.82, 2.24) is 16.2 Å². The van der Waals surface area contributed by atoms with Crippen LogP contribution in [0.3, 0.4) is 0 Å². The number of carbonyl (C=O) groups is 1. The van der Waals surface area contributed by atoms with Crippen LogP contribution in [0, 0.1) is 0 Å². The molecule has 1 aromatic rings. The second-order valence-corrected chi connectivity index (χ2v) is 4.90. The molecule has 1 aromatic carbocycles. The zero-order valence-electron chi connectivity index (χ0n) is 12.0. The van der Waals surface area contributed by atoms with E-state index >= 15 is 0 Å². The predicted octanol–water partition coefficient (Wildman–Crippen LogP) is 1.85. The molecule has 0 aliphatic heterocycles. The fourth-order valence-corrected chi connectivity index (χ4v) is 1.83. The Balaban J connectivity index is 2.57. The second kappa shape index (κ2) is 7.95. The molecule has 0 bridgehead atoms. The number of nitrogens with one attached hydrogen (secondary N) is 3. The third-order valence-corrected chi connectivity index (χ3v) is 2.76. The Bertz CT molecular complexity index is 538. The maximum Gasteiger partial charge on any atom is 0.416 e. The van der Waals surface area contributed by atoms with Crippen molar-refractivity contribution in [2.24, 2.45) is 0 Å². The number of hydrogen-bond acceptors (Lipinski definition) is 3. The summed E-state index contributed by atoms with van der Waals surface area (Å²) < 4.78 is 42.6. The number of amides is 1. The van der Waals surface area contributed by atoms with E-state index in [-0.39, 0.29) is 16.7 Å². The molecule has 1 rings (SSSR count). The number of methoxy groups -OCH3 is 1. The van der Waals surface area contributed by atoms with Crippen molar-refractivity contribution in [1.29, 1.82) is 0 Å². The van der Waals surface area contributed by atoms with Gasteiger partial charge in [-0.2, -0.15) is 13.2 Å². The molecule has 1 amide bonds. The first-order valence-electron chi connectivity index (χ1n) is 6.27. The molecule has 0 aliphatic carbocycles. The lowest BCUT2D eigenvalue weighted by molar-refractivity contribution is -0.137. The summed E-state index contributed by atoms with van der Waals surface area (Å²) in [6.45, 7) is 2.22. The molecule has 3 N–H and O–H groups in total. The maximum absolute atomic E-state index is 12.6. The lowest BCUT2D eigenvalue weighted by Gasteiger charge is -2.16. The average Bonchev–Trinajstić information content (AvgIpc) is 2.44. The third-order valence-electron chi connectivity index (χ3n) is 2.54. The van der Waals surface area contributed by atoms with Crippen LogP contribution in [0.1, 0.15) is 22.8 Å². The van der Waals surface area contributed by atoms with Crippen LogP contribution in [0.25, 0.3) is 0 Å². The molecule has 0 heterocycles. The number of rotatable bonds is 4. The van der Waals surface area contributed by atoms with E-state index < -0.39 is 17.6 Å². The number of carbonyl (C=O) groups excluding carboxylic acids is 1. The monoisotopic (exact) mass is 335 g/mol. The first-order chi connectivity index (χ1) is 10.2. The molecule has 0 aromatic heterocycles. The van der Waals surface area contributed by atoms with Gasteiger partial charge in [-0.3, -0.25) is 15.6 Å². The van der Waals surface area contributed by atoms with Crippen molar-refractivity contribution in [3.8, 4) is 0 Å². The first kappa shape index (κ1) is 18.2. The second-order valence-electron chi connectivity index (χ2n) is 4.49. The lowest BCUT2D eigenvalue weighted by atomic mass is 10.1. The summed E-state index contributed by atoms with van der Waals surface area (Å²) in [4.78, 5) is 11.8. The zero-order chi connectivity index (χ0) is 16.8. The smallest absolute Gasteiger partial charge is 0.383 e. The minimum Gasteiger partial charge on any atom is -0.383 e. The molecule has 0 spiro atoms. The summed E-state index contributed by atoms with van der Waals surface area (Å²) >= 11 is 4.93. The van der Waals surface area contributed by atoms with Crippen LogP contribution in [0.4, 0.5) is 13.2 Å². The summed E-state index contributed by atoms with van der Waals surface area (Å²) in [5.74, 6) is -0.727. The van der Waals surface area contributed by atoms with Crippen molar-refractivity contribution < 1.29 is 22.7 Å². The fraction of sp³-hybridized carbons (Fsp3) is 0.385. The Morgan fingerprint density at radius 1 is 1.36 bits per heavy atom. The van der Waals surface area contributed by atoms with Crippen molar-refractivity contribution in [2.45, 2.75) is 19.1 Å². The maximum atomic E-state index is 12.6. The molecule has 0 unspecified atom stereocenters. The SMILES string of the molecule is COC[C@H](C)NC(=S)NNC(=O)c1cccc(C(F)(F)F)c1. The summed E-state index contributed by atoms with van der Waals surface area (Å²) in [5.41, 5.74) is 3.61. The van der Waals surface area contributed by atoms with E-state index in [1.165, 1.54) is 13.2 Å². The Morgan fingerprint density at radius 2 is 2.05 bits per heavy atom. The van der Waals surface area contributed by atoms with Gasteiger partial charge in [0.15, 0.2) is 5.11 Å². The molecular formula is C13H16F3N3O2S. The molecule has 5 nitrogen and oxygen atoms in total. The van der Waals surface area contributed by atoms with Crippen molar-refractivity contribution in [3.05, 3.63) is 35.4 Å². The Labute approximate surface area is 131 Å². The molecule has 0 fully saturated rings. The van der Waals surface area contributed by atoms with Gasteiger partial charge in [-0.15, -0.1) is 0 Å². The van der Waals surface area contributed by atoms with E-state index in [1.807, 2.05) is 6.92 Å². The van der Waals surface area contributed by atoms with E-state index in [0.717, 1.165) is 18.2 Å². The third kappa shape index (κ3) is 5.86. The topological polar surface area (TPSA) is 62.4 Å². The van der Waals surface area contributed by atoms with Gasteiger partial charge in [0.05, 0.1) is 12.2 Å². The molecule has 122 valence electrons. The van der Waals surface area contributed by atoms with Crippen LogP contribution >= 0.6 is 12.2 Å². The minimum absolute atomic E-state index is 0.0875. The average molecular weight is 335 g/mol. The van der Waals surface area contributed by atoms with Gasteiger partial charge in [-0.1, -0.05) is 6.07 Å². The Kier molecular flexibility index (Phi) is 6.57. The number of hydrazine groups is 1. The number of ether oxygens (including phenoxy) is 1. The quantitative estimate of drug-likeness (QED) is 0.579. The van der Waals surface area contributed by atoms with Gasteiger partial charge in [0.1, 0.15) is 0 Å². The Morgan fingerprint density at radius 3 is 2.64 bits per heavy atom. The van der Waals surface area contributed by atoms with Crippen LogP contribution < -0.4 is 16.2 Å². The highest BCUT2D eigenvalue weighted by Gasteiger charge is 2.30. The van der Waals surface area contributed by atoms with Crippen LogP contribution in [0.15, 0.2) is 24.3 Å². The lowest BCUT2D eigenvalue weighted by Crippen LogP contribution is -2.49. The highest BCUT2D eigenvalue weighted by molar-refractivity contribution is 7.80. The molecule has 0 saturated heterocycles. The highest BCUT2D eigenvalue weighted by Crippen LogP contribution is 2.29. The summed E-state index contributed by atoms with van der Waals surface area (Å²) in [6, 6.07) is 4.00. The van der Waals surface area contributed by atoms with Gasteiger partial charge in [-0.05, 0) is 37.3 Å². The molecule has 0 radical (unpaired) electrons. The van der Waals surface area contributed by atoms with Gasteiger partial charge in [0, 0.05) is 18.7 Å². The first-order valence-corrected chi connectivity index (χ1v) is 6.68. The predicted molar refractivity (Wildman–Crippen MR) is 79.1 cm³/mol. The largest absolute Gasteiger partial charge is 0.416 e. The van der Waals surface area contributed by atoms with Crippen molar-refractivity contribution in [3.63, 3.8) is 0 Å². The molecule has 9 heteroatoms. The van der Waals surface area contributed by atoms with Gasteiger partial charge >= 0.3 is 6.18 Å². The van der Waals surface area contributed by atoms with E-state index in [2.05, 4.69) is 16.2 Å². The number of hydrogen-bond donors (Lipinski definition) is 3. The summed E-state index contributed by atoms with van der Waals surface area (Å²) in [7, 11) is 1.53. The Hall–Kier alpha value is -1.87. The van der Waals surface area contributed by atoms with Crippen molar-refractivity contribution >= 4 is 23.2 Å². The van der Waals surface area contributed by atoms with E-state index in [1.54, 1.807) is 0 Å². The van der Waals surface area contributed by atoms with Crippen LogP contribution in [-0.4, -0.2) is 30.8 Å². The minimum atomic E-state index is -4.50. The molecule has 1 atom stereocenters. The standard InChI is InChI=1S/C13H16F3N3O2S/c1-8(7-21-2)17-12(22)19-18-11(20)9-4-3-5-10(6-9)13(14,15)16/h3-6,8H,7H2,1-2H3,(H,18,20)(H2,17,19,22)/t8-/m0/s1. The van der Waals surface area contributed by atoms with E-state index in [0.29, 0.717) is 6.61 Å². The number of thiocarbonyl (C=S) groups is 1. The van der Waals surface area contributed by atoms with Gasteiger partial charge in [0.2, 0.25) is 0 Å². The highest BCUT2D eigenvalue weighted by atomic mass is 32.1. The molecular weight excluding hydrogens is 319 g/mol. The van der Waals surface area contributed by atoms with Crippen LogP contribution in [-0.2, 0) is 10.9 Å². The van der Waals surface area contributed by atoms with Gasteiger partial charge in [-0.25, -0.2) is 0 Å². The van der Waals surface area contributed by atoms with Crippen molar-refractivity contribution in [2.75, 3.05) is 13.7 Å². The number of halogens is 3. The molecule has 0 aliphatic rings. The van der Waals surface area contributed by atoms with Crippen LogP contribution in [0.5, 0.6) is 0 Å². The van der Waals surface area contributed by atoms with E-state index in [4.69, 9.17) is 17.0 Å². The van der Waals surface area contributed by atoms with E-state index in [9.17, 15) is 18.0 Å². The fourth-order valence-electron chi connectivity index (χ4n) is 1.57. The zero-order valence-corrected chi connectivity index (χ0v) is 12.8. The van der Waals surface area contributed by atoms with Gasteiger partial charge < -0.3 is 10.1 Å². The molecule has 22 heavy (non-hydrogen) atoms. The summed E-state index contributed by atoms with van der Waals surface area (Å²) in [5, 5.41) is 2.95. The normalized spacial score (nSPS) is 12.4. The molecule has 0 saturated carbocycles.